The minimum absolute atomic E-state index is 0.194. The first kappa shape index (κ1) is 15.9. The Kier molecular flexibility index (Phi) is 5.25. The summed E-state index contributed by atoms with van der Waals surface area (Å²) in [7, 11) is 1.83. The van der Waals surface area contributed by atoms with Crippen molar-refractivity contribution in [2.24, 2.45) is 7.05 Å². The second kappa shape index (κ2) is 6.95. The number of halogens is 2. The van der Waals surface area contributed by atoms with Gasteiger partial charge in [-0.05, 0) is 41.1 Å². The van der Waals surface area contributed by atoms with Gasteiger partial charge in [0, 0.05) is 30.4 Å². The van der Waals surface area contributed by atoms with E-state index in [1.807, 2.05) is 13.2 Å². The van der Waals surface area contributed by atoms with Crippen LogP contribution in [-0.2, 0) is 18.4 Å². The predicted molar refractivity (Wildman–Crippen MR) is 84.3 cm³/mol. The van der Waals surface area contributed by atoms with E-state index in [4.69, 9.17) is 16.3 Å². The maximum absolute atomic E-state index is 12.0. The highest BCUT2D eigenvalue weighted by atomic mass is 79.9. The normalized spacial score (nSPS) is 12.0. The molecule has 21 heavy (non-hydrogen) atoms. The molecule has 0 saturated carbocycles. The van der Waals surface area contributed by atoms with Gasteiger partial charge >= 0.3 is 0 Å². The van der Waals surface area contributed by atoms with Crippen LogP contribution in [-0.4, -0.2) is 21.8 Å². The number of ether oxygens (including phenoxy) is 1. The number of hydrogen-bond donors (Lipinski definition) is 1. The van der Waals surface area contributed by atoms with E-state index >= 15 is 0 Å². The highest BCUT2D eigenvalue weighted by Gasteiger charge is 2.16. The first-order valence-electron chi connectivity index (χ1n) is 6.32. The monoisotopic (exact) mass is 371 g/mol. The summed E-state index contributed by atoms with van der Waals surface area (Å²) in [5.41, 5.74) is 0.936. The van der Waals surface area contributed by atoms with Gasteiger partial charge in [0.1, 0.15) is 5.75 Å². The van der Waals surface area contributed by atoms with Gasteiger partial charge in [-0.15, -0.1) is 0 Å². The van der Waals surface area contributed by atoms with E-state index in [2.05, 4.69) is 26.3 Å². The fraction of sp³-hybridized carbons (Fsp3) is 0.286. The summed E-state index contributed by atoms with van der Waals surface area (Å²) in [5.74, 6) is 0.379. The third-order valence-corrected chi connectivity index (χ3v) is 3.65. The van der Waals surface area contributed by atoms with Crippen LogP contribution in [0.5, 0.6) is 5.75 Å². The molecular weight excluding hydrogens is 358 g/mol. The Balaban J connectivity index is 1.90. The van der Waals surface area contributed by atoms with Gasteiger partial charge < -0.3 is 10.1 Å². The Morgan fingerprint density at radius 1 is 1.57 bits per heavy atom. The van der Waals surface area contributed by atoms with Gasteiger partial charge in [0.05, 0.1) is 10.7 Å². The maximum atomic E-state index is 12.0. The van der Waals surface area contributed by atoms with Gasteiger partial charge in [-0.3, -0.25) is 9.48 Å². The average molecular weight is 373 g/mol. The molecule has 7 heteroatoms. The predicted octanol–water partition coefficient (Wildman–Crippen LogP) is 2.92. The Labute approximate surface area is 136 Å². The van der Waals surface area contributed by atoms with Crippen LogP contribution < -0.4 is 10.1 Å². The molecule has 1 atom stereocenters. The van der Waals surface area contributed by atoms with Crippen molar-refractivity contribution < 1.29 is 9.53 Å². The van der Waals surface area contributed by atoms with Gasteiger partial charge in [0.2, 0.25) is 0 Å². The minimum Gasteiger partial charge on any atom is -0.480 e. The lowest BCUT2D eigenvalue weighted by molar-refractivity contribution is -0.127. The molecule has 0 bridgehead atoms. The van der Waals surface area contributed by atoms with Gasteiger partial charge in [0.15, 0.2) is 6.10 Å². The molecule has 0 fully saturated rings. The fourth-order valence-electron chi connectivity index (χ4n) is 1.71. The lowest BCUT2D eigenvalue weighted by Crippen LogP contribution is -2.35. The molecule has 112 valence electrons. The van der Waals surface area contributed by atoms with E-state index in [1.54, 1.807) is 36.0 Å². The lowest BCUT2D eigenvalue weighted by Gasteiger charge is -2.15. The fourth-order valence-corrected chi connectivity index (χ4v) is 2.49. The first-order chi connectivity index (χ1) is 9.95. The third-order valence-electron chi connectivity index (χ3n) is 2.79. The van der Waals surface area contributed by atoms with Crippen molar-refractivity contribution >= 4 is 33.4 Å². The number of amides is 1. The summed E-state index contributed by atoms with van der Waals surface area (Å²) in [6, 6.07) is 5.15. The van der Waals surface area contributed by atoms with Gasteiger partial charge in [0.25, 0.3) is 5.91 Å². The number of carbonyl (C=O) groups is 1. The topological polar surface area (TPSA) is 56.1 Å². The number of hydrogen-bond acceptors (Lipinski definition) is 3. The molecule has 1 unspecified atom stereocenters. The molecule has 0 spiro atoms. The van der Waals surface area contributed by atoms with Gasteiger partial charge in [-0.2, -0.15) is 5.10 Å². The zero-order valence-corrected chi connectivity index (χ0v) is 14.0. The van der Waals surface area contributed by atoms with Crippen LogP contribution in [0.3, 0.4) is 0 Å². The summed E-state index contributed by atoms with van der Waals surface area (Å²) >= 11 is 9.21. The van der Waals surface area contributed by atoms with Crippen LogP contribution in [0, 0.1) is 0 Å². The largest absolute Gasteiger partial charge is 0.480 e. The van der Waals surface area contributed by atoms with E-state index in [-0.39, 0.29) is 5.91 Å². The molecule has 0 saturated heterocycles. The SMILES string of the molecule is CC(Oc1ccc(Cl)cc1Br)C(=O)NCc1cnn(C)c1. The Bertz CT molecular complexity index is 645. The number of aromatic nitrogens is 2. The van der Waals surface area contributed by atoms with E-state index in [0.29, 0.717) is 21.8 Å². The summed E-state index contributed by atoms with van der Waals surface area (Å²) in [4.78, 5) is 12.0. The molecule has 1 N–H and O–H groups in total. The van der Waals surface area contributed by atoms with E-state index < -0.39 is 6.10 Å². The van der Waals surface area contributed by atoms with E-state index in [1.165, 1.54) is 0 Å². The minimum atomic E-state index is -0.612. The van der Waals surface area contributed by atoms with Crippen molar-refractivity contribution in [1.82, 2.24) is 15.1 Å². The number of aryl methyl sites for hydroxylation is 1. The zero-order valence-electron chi connectivity index (χ0n) is 11.6. The molecule has 1 heterocycles. The van der Waals surface area contributed by atoms with Crippen molar-refractivity contribution in [3.05, 3.63) is 45.7 Å². The van der Waals surface area contributed by atoms with Crippen molar-refractivity contribution in [2.45, 2.75) is 19.6 Å². The molecule has 0 aliphatic heterocycles. The molecule has 1 amide bonds. The molecule has 1 aromatic heterocycles. The highest BCUT2D eigenvalue weighted by Crippen LogP contribution is 2.28. The van der Waals surface area contributed by atoms with Crippen molar-refractivity contribution in [3.63, 3.8) is 0 Å². The van der Waals surface area contributed by atoms with Crippen molar-refractivity contribution in [2.75, 3.05) is 0 Å². The molecule has 2 rings (SSSR count). The number of nitrogens with one attached hydrogen (secondary N) is 1. The molecule has 0 radical (unpaired) electrons. The van der Waals surface area contributed by atoms with E-state index in [9.17, 15) is 4.79 Å². The van der Waals surface area contributed by atoms with E-state index in [0.717, 1.165) is 5.56 Å². The van der Waals surface area contributed by atoms with Crippen molar-refractivity contribution in [3.8, 4) is 5.75 Å². The van der Waals surface area contributed by atoms with Gasteiger partial charge in [-0.1, -0.05) is 11.6 Å². The summed E-state index contributed by atoms with van der Waals surface area (Å²) in [6.07, 6.45) is 2.95. The first-order valence-corrected chi connectivity index (χ1v) is 7.50. The molecule has 0 aliphatic carbocycles. The number of rotatable bonds is 5. The van der Waals surface area contributed by atoms with Gasteiger partial charge in [-0.25, -0.2) is 0 Å². The second-order valence-corrected chi connectivity index (χ2v) is 5.87. The number of nitrogens with zero attached hydrogens (tertiary/aromatic N) is 2. The van der Waals surface area contributed by atoms with Crippen LogP contribution in [0.25, 0.3) is 0 Å². The quantitative estimate of drug-likeness (QED) is 0.878. The molecule has 0 aliphatic rings. The molecule has 2 aromatic rings. The summed E-state index contributed by atoms with van der Waals surface area (Å²) in [5, 5.41) is 7.45. The third kappa shape index (κ3) is 4.47. The average Bonchev–Trinajstić information content (AvgIpc) is 2.85. The maximum Gasteiger partial charge on any atom is 0.261 e. The van der Waals surface area contributed by atoms with Crippen LogP contribution in [0.4, 0.5) is 0 Å². The van der Waals surface area contributed by atoms with Crippen LogP contribution in [0.1, 0.15) is 12.5 Å². The Morgan fingerprint density at radius 2 is 2.33 bits per heavy atom. The Hall–Kier alpha value is -1.53. The van der Waals surface area contributed by atoms with Crippen molar-refractivity contribution in [1.29, 1.82) is 0 Å². The van der Waals surface area contributed by atoms with Crippen LogP contribution in [0.15, 0.2) is 35.1 Å². The summed E-state index contributed by atoms with van der Waals surface area (Å²) in [6.45, 7) is 2.11. The van der Waals surface area contributed by atoms with Crippen LogP contribution >= 0.6 is 27.5 Å². The number of carbonyl (C=O) groups excluding carboxylic acids is 1. The Morgan fingerprint density at radius 3 is 2.95 bits per heavy atom. The molecule has 5 nitrogen and oxygen atoms in total. The summed E-state index contributed by atoms with van der Waals surface area (Å²) < 4.78 is 8.01. The number of benzene rings is 1. The smallest absolute Gasteiger partial charge is 0.261 e. The molecule has 1 aromatic carbocycles. The standard InChI is InChI=1S/C14H15BrClN3O2/c1-9(21-13-4-3-11(16)5-12(13)15)14(20)17-6-10-7-18-19(2)8-10/h3-5,7-9H,6H2,1-2H3,(H,17,20). The second-order valence-electron chi connectivity index (χ2n) is 4.57. The zero-order chi connectivity index (χ0) is 15.4. The highest BCUT2D eigenvalue weighted by molar-refractivity contribution is 9.10. The molecular formula is C14H15BrClN3O2. The lowest BCUT2D eigenvalue weighted by atomic mass is 10.3. The van der Waals surface area contributed by atoms with Crippen LogP contribution in [0.2, 0.25) is 5.02 Å².